The van der Waals surface area contributed by atoms with Crippen molar-refractivity contribution in [2.24, 2.45) is 5.41 Å². The number of amides is 2. The highest BCUT2D eigenvalue weighted by Gasteiger charge is 2.44. The first kappa shape index (κ1) is 16.0. The summed E-state index contributed by atoms with van der Waals surface area (Å²) in [5.41, 5.74) is 2.33. The highest BCUT2D eigenvalue weighted by Crippen LogP contribution is 2.46. The molecule has 2 fully saturated rings. The lowest BCUT2D eigenvalue weighted by molar-refractivity contribution is -0.136. The number of rotatable bonds is 6. The first-order valence-corrected chi connectivity index (χ1v) is 8.48. The number of carbonyl (C=O) groups excluding carboxylic acids is 2. The van der Waals surface area contributed by atoms with Crippen LogP contribution in [0.15, 0.2) is 6.07 Å². The second-order valence-electron chi connectivity index (χ2n) is 7.17. The molecule has 126 valence electrons. The van der Waals surface area contributed by atoms with E-state index < -0.39 is 0 Å². The van der Waals surface area contributed by atoms with Gasteiger partial charge < -0.3 is 10.2 Å². The molecule has 0 aromatic carbocycles. The summed E-state index contributed by atoms with van der Waals surface area (Å²) in [5, 5.41) is 7.58. The van der Waals surface area contributed by atoms with Gasteiger partial charge in [0, 0.05) is 37.2 Å². The second kappa shape index (κ2) is 5.98. The summed E-state index contributed by atoms with van der Waals surface area (Å²) >= 11 is 0. The van der Waals surface area contributed by atoms with Gasteiger partial charge in [0.05, 0.1) is 5.69 Å². The van der Waals surface area contributed by atoms with Gasteiger partial charge in [-0.05, 0) is 46.1 Å². The van der Waals surface area contributed by atoms with Crippen molar-refractivity contribution >= 4 is 11.8 Å². The maximum Gasteiger partial charge on any atom is 0.242 e. The SMILES string of the molecule is Cc1cc(C)n(CC2(CNC(=O)[C@@H](C)N3CCCC3=O)CC2)n1. The van der Waals surface area contributed by atoms with Crippen LogP contribution in [0.3, 0.4) is 0 Å². The summed E-state index contributed by atoms with van der Waals surface area (Å²) in [4.78, 5) is 25.8. The molecule has 6 nitrogen and oxygen atoms in total. The minimum absolute atomic E-state index is 0.0418. The number of likely N-dealkylation sites (tertiary alicyclic amines) is 1. The summed E-state index contributed by atoms with van der Waals surface area (Å²) in [5.74, 6) is 0.0521. The third kappa shape index (κ3) is 3.41. The van der Waals surface area contributed by atoms with Crippen LogP contribution in [0.4, 0.5) is 0 Å². The zero-order valence-electron chi connectivity index (χ0n) is 14.3. The minimum Gasteiger partial charge on any atom is -0.354 e. The molecule has 1 aromatic rings. The Balaban J connectivity index is 1.54. The largest absolute Gasteiger partial charge is 0.354 e. The molecule has 0 unspecified atom stereocenters. The highest BCUT2D eigenvalue weighted by atomic mass is 16.2. The summed E-state index contributed by atoms with van der Waals surface area (Å²) < 4.78 is 2.04. The van der Waals surface area contributed by atoms with E-state index in [9.17, 15) is 9.59 Å². The van der Waals surface area contributed by atoms with Crippen molar-refractivity contribution in [3.63, 3.8) is 0 Å². The Labute approximate surface area is 137 Å². The maximum absolute atomic E-state index is 12.3. The minimum atomic E-state index is -0.366. The monoisotopic (exact) mass is 318 g/mol. The zero-order valence-corrected chi connectivity index (χ0v) is 14.3. The fourth-order valence-corrected chi connectivity index (χ4v) is 3.36. The van der Waals surface area contributed by atoms with Crippen LogP contribution in [0.1, 0.15) is 44.0 Å². The van der Waals surface area contributed by atoms with Gasteiger partial charge in [-0.25, -0.2) is 0 Å². The van der Waals surface area contributed by atoms with Gasteiger partial charge in [-0.3, -0.25) is 14.3 Å². The zero-order chi connectivity index (χ0) is 16.6. The Bertz CT molecular complexity index is 618. The molecule has 2 heterocycles. The van der Waals surface area contributed by atoms with Crippen molar-refractivity contribution in [2.75, 3.05) is 13.1 Å². The first-order valence-electron chi connectivity index (χ1n) is 8.48. The van der Waals surface area contributed by atoms with Gasteiger partial charge in [0.15, 0.2) is 0 Å². The molecule has 6 heteroatoms. The number of aromatic nitrogens is 2. The molecule has 1 aromatic heterocycles. The number of nitrogens with one attached hydrogen (secondary N) is 1. The predicted molar refractivity (Wildman–Crippen MR) is 86.8 cm³/mol. The number of hydrogen-bond donors (Lipinski definition) is 1. The molecule has 1 aliphatic heterocycles. The van der Waals surface area contributed by atoms with Crippen LogP contribution in [0.2, 0.25) is 0 Å². The molecule has 2 aliphatic rings. The van der Waals surface area contributed by atoms with Crippen LogP contribution in [0.5, 0.6) is 0 Å². The average Bonchev–Trinajstić information content (AvgIpc) is 3.02. The third-order valence-corrected chi connectivity index (χ3v) is 5.14. The molecular weight excluding hydrogens is 292 g/mol. The molecule has 2 amide bonds. The Morgan fingerprint density at radius 3 is 2.70 bits per heavy atom. The maximum atomic E-state index is 12.3. The van der Waals surface area contributed by atoms with Crippen LogP contribution >= 0.6 is 0 Å². The van der Waals surface area contributed by atoms with Gasteiger partial charge >= 0.3 is 0 Å². The Morgan fingerprint density at radius 1 is 1.43 bits per heavy atom. The fourth-order valence-electron chi connectivity index (χ4n) is 3.36. The van der Waals surface area contributed by atoms with Gasteiger partial charge in [-0.1, -0.05) is 0 Å². The van der Waals surface area contributed by atoms with Crippen LogP contribution in [-0.4, -0.2) is 45.6 Å². The molecule has 23 heavy (non-hydrogen) atoms. The molecule has 1 N–H and O–H groups in total. The number of hydrogen-bond acceptors (Lipinski definition) is 3. The molecule has 3 rings (SSSR count). The predicted octanol–water partition coefficient (Wildman–Crippen LogP) is 1.41. The molecule has 1 atom stereocenters. The van der Waals surface area contributed by atoms with E-state index in [-0.39, 0.29) is 23.3 Å². The van der Waals surface area contributed by atoms with E-state index in [1.54, 1.807) is 4.90 Å². The fraction of sp³-hybridized carbons (Fsp3) is 0.706. The van der Waals surface area contributed by atoms with Crippen LogP contribution in [0, 0.1) is 19.3 Å². The smallest absolute Gasteiger partial charge is 0.242 e. The Morgan fingerprint density at radius 2 is 2.17 bits per heavy atom. The normalized spacial score (nSPS) is 20.7. The van der Waals surface area contributed by atoms with E-state index in [0.717, 1.165) is 37.2 Å². The van der Waals surface area contributed by atoms with Crippen molar-refractivity contribution in [3.05, 3.63) is 17.5 Å². The highest BCUT2D eigenvalue weighted by molar-refractivity contribution is 5.88. The van der Waals surface area contributed by atoms with E-state index in [0.29, 0.717) is 19.5 Å². The summed E-state index contributed by atoms with van der Waals surface area (Å²) in [7, 11) is 0. The average molecular weight is 318 g/mol. The van der Waals surface area contributed by atoms with Crippen LogP contribution in [0.25, 0.3) is 0 Å². The molecule has 0 radical (unpaired) electrons. The molecule has 1 saturated heterocycles. The number of nitrogens with zero attached hydrogens (tertiary/aromatic N) is 3. The van der Waals surface area contributed by atoms with Gasteiger partial charge in [-0.2, -0.15) is 5.10 Å². The number of carbonyl (C=O) groups is 2. The van der Waals surface area contributed by atoms with Gasteiger partial charge in [0.25, 0.3) is 0 Å². The standard InChI is InChI=1S/C17H26N4O2/c1-12-9-13(2)21(19-12)11-17(6-7-17)10-18-16(23)14(3)20-8-4-5-15(20)22/h9,14H,4-8,10-11H2,1-3H3,(H,18,23)/t14-/m1/s1. The van der Waals surface area contributed by atoms with Crippen molar-refractivity contribution in [2.45, 2.75) is 59.0 Å². The first-order chi connectivity index (χ1) is 10.9. The molecule has 0 spiro atoms. The quantitative estimate of drug-likeness (QED) is 0.862. The lowest BCUT2D eigenvalue weighted by Crippen LogP contribution is -2.47. The van der Waals surface area contributed by atoms with Gasteiger partial charge in [0.2, 0.25) is 11.8 Å². The van der Waals surface area contributed by atoms with Crippen molar-refractivity contribution in [1.82, 2.24) is 20.0 Å². The lowest BCUT2D eigenvalue weighted by Gasteiger charge is -2.25. The van der Waals surface area contributed by atoms with Gasteiger partial charge in [-0.15, -0.1) is 0 Å². The third-order valence-electron chi connectivity index (χ3n) is 5.14. The molecule has 1 saturated carbocycles. The topological polar surface area (TPSA) is 67.2 Å². The molecule has 1 aliphatic carbocycles. The van der Waals surface area contributed by atoms with Crippen molar-refractivity contribution in [1.29, 1.82) is 0 Å². The second-order valence-corrected chi connectivity index (χ2v) is 7.17. The van der Waals surface area contributed by atoms with Crippen molar-refractivity contribution < 1.29 is 9.59 Å². The van der Waals surface area contributed by atoms with E-state index in [4.69, 9.17) is 0 Å². The van der Waals surface area contributed by atoms with E-state index in [1.165, 1.54) is 0 Å². The Hall–Kier alpha value is -1.85. The molecule has 0 bridgehead atoms. The Kier molecular flexibility index (Phi) is 4.17. The summed E-state index contributed by atoms with van der Waals surface area (Å²) in [6.07, 6.45) is 3.66. The summed E-state index contributed by atoms with van der Waals surface area (Å²) in [6.45, 7) is 8.10. The summed E-state index contributed by atoms with van der Waals surface area (Å²) in [6, 6.07) is 1.71. The molecular formula is C17H26N4O2. The van der Waals surface area contributed by atoms with Crippen LogP contribution < -0.4 is 5.32 Å². The lowest BCUT2D eigenvalue weighted by atomic mass is 10.1. The van der Waals surface area contributed by atoms with E-state index in [1.807, 2.05) is 18.5 Å². The van der Waals surface area contributed by atoms with Crippen LogP contribution in [-0.2, 0) is 16.1 Å². The van der Waals surface area contributed by atoms with Gasteiger partial charge in [0.1, 0.15) is 6.04 Å². The number of aryl methyl sites for hydroxylation is 2. The van der Waals surface area contributed by atoms with E-state index in [2.05, 4.69) is 23.4 Å². The van der Waals surface area contributed by atoms with Crippen molar-refractivity contribution in [3.8, 4) is 0 Å². The van der Waals surface area contributed by atoms with E-state index >= 15 is 0 Å².